The quantitative estimate of drug-likeness (QED) is 0.945. The lowest BCUT2D eigenvalue weighted by Crippen LogP contribution is -2.04. The van der Waals surface area contributed by atoms with Gasteiger partial charge in [0.2, 0.25) is 0 Å². The predicted molar refractivity (Wildman–Crippen MR) is 71.0 cm³/mol. The summed E-state index contributed by atoms with van der Waals surface area (Å²) >= 11 is 9.20. The van der Waals surface area contributed by atoms with E-state index in [4.69, 9.17) is 11.6 Å². The van der Waals surface area contributed by atoms with E-state index in [2.05, 4.69) is 36.2 Å². The highest BCUT2D eigenvalue weighted by atomic mass is 79.9. The van der Waals surface area contributed by atoms with Gasteiger partial charge in [0.25, 0.3) is 0 Å². The van der Waals surface area contributed by atoms with E-state index in [1.165, 1.54) is 0 Å². The third kappa shape index (κ3) is 3.38. The topological polar surface area (TPSA) is 50.7 Å². The molecule has 0 bridgehead atoms. The standard InChI is InChI=1S/C11H10BrClN4/c1-7-3-15-9(5-14-7)6-17-11-10(12)2-8(13)4-16-11/h2-5H,6H2,1H3,(H,16,17). The first-order chi connectivity index (χ1) is 8.15. The summed E-state index contributed by atoms with van der Waals surface area (Å²) in [6.07, 6.45) is 5.07. The molecule has 2 rings (SSSR count). The molecule has 2 aromatic rings. The molecule has 0 saturated heterocycles. The van der Waals surface area contributed by atoms with Gasteiger partial charge < -0.3 is 5.32 Å². The van der Waals surface area contributed by atoms with Gasteiger partial charge in [-0.3, -0.25) is 9.97 Å². The van der Waals surface area contributed by atoms with Crippen molar-refractivity contribution in [1.82, 2.24) is 15.0 Å². The van der Waals surface area contributed by atoms with Gasteiger partial charge >= 0.3 is 0 Å². The number of aromatic nitrogens is 3. The Morgan fingerprint density at radius 2 is 2.06 bits per heavy atom. The highest BCUT2D eigenvalue weighted by molar-refractivity contribution is 9.10. The summed E-state index contributed by atoms with van der Waals surface area (Å²) in [4.78, 5) is 12.6. The Bertz CT molecular complexity index is 515. The zero-order chi connectivity index (χ0) is 12.3. The second-order valence-electron chi connectivity index (χ2n) is 3.49. The molecular weight excluding hydrogens is 304 g/mol. The predicted octanol–water partition coefficient (Wildman–Crippen LogP) is 3.21. The number of nitrogens with one attached hydrogen (secondary N) is 1. The average Bonchev–Trinajstić information content (AvgIpc) is 2.30. The molecule has 0 radical (unpaired) electrons. The van der Waals surface area contributed by atoms with E-state index in [1.54, 1.807) is 24.7 Å². The Kier molecular flexibility index (Phi) is 3.91. The molecule has 2 aromatic heterocycles. The summed E-state index contributed by atoms with van der Waals surface area (Å²) in [5.74, 6) is 0.733. The number of nitrogens with zero attached hydrogens (tertiary/aromatic N) is 3. The first kappa shape index (κ1) is 12.3. The van der Waals surface area contributed by atoms with Crippen molar-refractivity contribution in [2.45, 2.75) is 13.5 Å². The maximum Gasteiger partial charge on any atom is 0.140 e. The molecule has 0 saturated carbocycles. The van der Waals surface area contributed by atoms with Crippen molar-refractivity contribution < 1.29 is 0 Å². The molecule has 0 atom stereocenters. The van der Waals surface area contributed by atoms with Crippen molar-refractivity contribution in [3.05, 3.63) is 45.5 Å². The van der Waals surface area contributed by atoms with Crippen LogP contribution in [0.5, 0.6) is 0 Å². The van der Waals surface area contributed by atoms with Gasteiger partial charge in [-0.1, -0.05) is 11.6 Å². The number of halogens is 2. The molecule has 0 spiro atoms. The van der Waals surface area contributed by atoms with Gasteiger partial charge in [-0.15, -0.1) is 0 Å². The van der Waals surface area contributed by atoms with Crippen LogP contribution in [0.4, 0.5) is 5.82 Å². The van der Waals surface area contributed by atoms with Crippen LogP contribution in [0.15, 0.2) is 29.1 Å². The van der Waals surface area contributed by atoms with Gasteiger partial charge in [-0.05, 0) is 28.9 Å². The molecule has 2 heterocycles. The number of hydrogen-bond acceptors (Lipinski definition) is 4. The molecule has 0 amide bonds. The van der Waals surface area contributed by atoms with Crippen molar-refractivity contribution in [2.75, 3.05) is 5.32 Å². The van der Waals surface area contributed by atoms with Crippen LogP contribution >= 0.6 is 27.5 Å². The van der Waals surface area contributed by atoms with Crippen molar-refractivity contribution in [3.8, 4) is 0 Å². The van der Waals surface area contributed by atoms with Gasteiger partial charge in [0, 0.05) is 12.4 Å². The average molecular weight is 314 g/mol. The van der Waals surface area contributed by atoms with E-state index in [9.17, 15) is 0 Å². The lowest BCUT2D eigenvalue weighted by molar-refractivity contribution is 0.975. The van der Waals surface area contributed by atoms with E-state index in [1.807, 2.05) is 6.92 Å². The molecule has 0 aliphatic rings. The van der Waals surface area contributed by atoms with Crippen molar-refractivity contribution in [3.63, 3.8) is 0 Å². The number of rotatable bonds is 3. The highest BCUT2D eigenvalue weighted by Gasteiger charge is 2.02. The van der Waals surface area contributed by atoms with Crippen molar-refractivity contribution in [1.29, 1.82) is 0 Å². The van der Waals surface area contributed by atoms with E-state index < -0.39 is 0 Å². The summed E-state index contributed by atoms with van der Waals surface area (Å²) in [6, 6.07) is 1.79. The monoisotopic (exact) mass is 312 g/mol. The first-order valence-electron chi connectivity index (χ1n) is 4.97. The van der Waals surface area contributed by atoms with Crippen LogP contribution in [0, 0.1) is 6.92 Å². The van der Waals surface area contributed by atoms with Crippen LogP contribution < -0.4 is 5.32 Å². The van der Waals surface area contributed by atoms with Gasteiger partial charge in [-0.2, -0.15) is 0 Å². The summed E-state index contributed by atoms with van der Waals surface area (Å²) < 4.78 is 0.824. The van der Waals surface area contributed by atoms with Gasteiger partial charge in [0.1, 0.15) is 5.82 Å². The Hall–Kier alpha value is -1.20. The van der Waals surface area contributed by atoms with Crippen molar-refractivity contribution >= 4 is 33.3 Å². The Morgan fingerprint density at radius 1 is 1.24 bits per heavy atom. The molecule has 6 heteroatoms. The second kappa shape index (κ2) is 5.42. The van der Waals surface area contributed by atoms with E-state index >= 15 is 0 Å². The van der Waals surface area contributed by atoms with Gasteiger partial charge in [0.15, 0.2) is 0 Å². The minimum atomic E-state index is 0.570. The number of anilines is 1. The first-order valence-corrected chi connectivity index (χ1v) is 6.14. The molecule has 88 valence electrons. The van der Waals surface area contributed by atoms with Crippen LogP contribution in [-0.2, 0) is 6.54 Å². The van der Waals surface area contributed by atoms with Crippen LogP contribution in [0.1, 0.15) is 11.4 Å². The molecule has 1 N–H and O–H groups in total. The molecule has 0 unspecified atom stereocenters. The largest absolute Gasteiger partial charge is 0.363 e. The van der Waals surface area contributed by atoms with E-state index in [-0.39, 0.29) is 0 Å². The molecular formula is C11H10BrClN4. The lowest BCUT2D eigenvalue weighted by Gasteiger charge is -2.07. The summed E-state index contributed by atoms with van der Waals surface area (Å²) in [6.45, 7) is 2.47. The van der Waals surface area contributed by atoms with Gasteiger partial charge in [-0.25, -0.2) is 4.98 Å². The highest BCUT2D eigenvalue weighted by Crippen LogP contribution is 2.23. The van der Waals surface area contributed by atoms with E-state index in [0.717, 1.165) is 21.7 Å². The normalized spacial score (nSPS) is 10.3. The molecule has 0 aromatic carbocycles. The maximum atomic E-state index is 5.81. The number of pyridine rings is 1. The Balaban J connectivity index is 2.04. The molecule has 0 fully saturated rings. The zero-order valence-electron chi connectivity index (χ0n) is 9.11. The molecule has 0 aliphatic carbocycles. The minimum Gasteiger partial charge on any atom is -0.363 e. The number of aryl methyl sites for hydroxylation is 1. The molecule has 17 heavy (non-hydrogen) atoms. The fourth-order valence-corrected chi connectivity index (χ4v) is 2.01. The molecule has 4 nitrogen and oxygen atoms in total. The molecule has 0 aliphatic heterocycles. The maximum absolute atomic E-state index is 5.81. The fourth-order valence-electron chi connectivity index (χ4n) is 1.23. The second-order valence-corrected chi connectivity index (χ2v) is 4.78. The van der Waals surface area contributed by atoms with Crippen LogP contribution in [0.3, 0.4) is 0 Å². The summed E-state index contributed by atoms with van der Waals surface area (Å²) in [7, 11) is 0. The third-order valence-corrected chi connectivity index (χ3v) is 2.89. The van der Waals surface area contributed by atoms with Crippen LogP contribution in [-0.4, -0.2) is 15.0 Å². The van der Waals surface area contributed by atoms with Gasteiger partial charge in [0.05, 0.1) is 33.6 Å². The lowest BCUT2D eigenvalue weighted by atomic mass is 10.4. The Labute approximate surface area is 113 Å². The SMILES string of the molecule is Cc1cnc(CNc2ncc(Cl)cc2Br)cn1. The van der Waals surface area contributed by atoms with Crippen LogP contribution in [0.25, 0.3) is 0 Å². The minimum absolute atomic E-state index is 0.570. The van der Waals surface area contributed by atoms with E-state index in [0.29, 0.717) is 11.6 Å². The zero-order valence-corrected chi connectivity index (χ0v) is 11.5. The smallest absolute Gasteiger partial charge is 0.140 e. The van der Waals surface area contributed by atoms with Crippen molar-refractivity contribution in [2.24, 2.45) is 0 Å². The third-order valence-electron chi connectivity index (χ3n) is 2.08. The summed E-state index contributed by atoms with van der Waals surface area (Å²) in [5.41, 5.74) is 1.76. The van der Waals surface area contributed by atoms with Crippen LogP contribution in [0.2, 0.25) is 5.02 Å². The Morgan fingerprint density at radius 3 is 2.71 bits per heavy atom. The fraction of sp³-hybridized carbons (Fsp3) is 0.182. The summed E-state index contributed by atoms with van der Waals surface area (Å²) in [5, 5.41) is 3.75. The number of hydrogen-bond donors (Lipinski definition) is 1.